The molecule has 0 amide bonds. The Morgan fingerprint density at radius 3 is 2.26 bits per heavy atom. The van der Waals surface area contributed by atoms with E-state index in [2.05, 4.69) is 84.7 Å². The SMILES string of the molecule is COc1ccc(-c2ccc(Sc3c(CC(C)(C)C(=O)O)n(CC(C)(C)C)c4cc(OCc5ccc(C)c(C)n5)ccc34)cc2)cn1. The Kier molecular flexibility index (Phi) is 9.49. The Labute approximate surface area is 276 Å². The number of carboxylic acids is 1. The number of pyridine rings is 2. The minimum atomic E-state index is -0.959. The van der Waals surface area contributed by atoms with E-state index in [1.165, 1.54) is 0 Å². The highest BCUT2D eigenvalue weighted by Gasteiger charge is 2.32. The van der Waals surface area contributed by atoms with Crippen LogP contribution in [0.4, 0.5) is 0 Å². The van der Waals surface area contributed by atoms with Crippen molar-refractivity contribution in [1.29, 1.82) is 0 Å². The van der Waals surface area contributed by atoms with Gasteiger partial charge in [-0.1, -0.05) is 50.7 Å². The van der Waals surface area contributed by atoms with Gasteiger partial charge in [-0.25, -0.2) is 4.98 Å². The van der Waals surface area contributed by atoms with Gasteiger partial charge in [-0.3, -0.25) is 9.78 Å². The molecule has 240 valence electrons. The molecule has 0 aliphatic carbocycles. The van der Waals surface area contributed by atoms with E-state index in [1.807, 2.05) is 37.4 Å². The van der Waals surface area contributed by atoms with Gasteiger partial charge in [0.05, 0.1) is 23.7 Å². The molecule has 5 aromatic rings. The summed E-state index contributed by atoms with van der Waals surface area (Å²) in [4.78, 5) is 23.5. The number of aliphatic carboxylic acids is 1. The zero-order valence-electron chi connectivity index (χ0n) is 28.0. The predicted octanol–water partition coefficient (Wildman–Crippen LogP) is 9.15. The standard InChI is InChI=1S/C38H43N3O4S/c1-24-9-13-28(40-25(24)2)22-45-29-14-17-31-32(19-29)41(23-37(3,4)5)33(20-38(6,7)36(42)43)35(31)46-30-15-10-26(11-16-30)27-12-18-34(44-8)39-21-27/h9-19,21H,20,22-23H2,1-8H3,(H,42,43). The van der Waals surface area contributed by atoms with Crippen LogP contribution in [0.3, 0.4) is 0 Å². The molecule has 0 saturated carbocycles. The Bertz CT molecular complexity index is 1850. The van der Waals surface area contributed by atoms with Crippen molar-refractivity contribution in [3.05, 3.63) is 95.6 Å². The van der Waals surface area contributed by atoms with Crippen molar-refractivity contribution >= 4 is 28.6 Å². The Morgan fingerprint density at radius 2 is 1.65 bits per heavy atom. The number of aromatic nitrogens is 3. The Hall–Kier alpha value is -4.30. The minimum absolute atomic E-state index is 0.0513. The summed E-state index contributed by atoms with van der Waals surface area (Å²) in [6, 6.07) is 22.5. The summed E-state index contributed by atoms with van der Waals surface area (Å²) in [5, 5.41) is 11.2. The summed E-state index contributed by atoms with van der Waals surface area (Å²) in [6.07, 6.45) is 2.19. The van der Waals surface area contributed by atoms with Crippen LogP contribution in [-0.2, 0) is 24.4 Å². The maximum atomic E-state index is 12.4. The van der Waals surface area contributed by atoms with E-state index in [-0.39, 0.29) is 5.41 Å². The highest BCUT2D eigenvalue weighted by atomic mass is 32.2. The number of ether oxygens (including phenoxy) is 2. The predicted molar refractivity (Wildman–Crippen MR) is 185 cm³/mol. The van der Waals surface area contributed by atoms with Gasteiger partial charge in [0.25, 0.3) is 0 Å². The lowest BCUT2D eigenvalue weighted by Gasteiger charge is -2.26. The molecule has 0 aliphatic heterocycles. The second-order valence-corrected chi connectivity index (χ2v) is 14.8. The molecular weight excluding hydrogens is 595 g/mol. The minimum Gasteiger partial charge on any atom is -0.487 e. The van der Waals surface area contributed by atoms with Gasteiger partial charge in [-0.15, -0.1) is 0 Å². The summed E-state index contributed by atoms with van der Waals surface area (Å²) in [5.41, 5.74) is 6.12. The molecule has 2 aromatic carbocycles. The molecule has 0 bridgehead atoms. The molecule has 0 fully saturated rings. The molecule has 0 aliphatic rings. The average Bonchev–Trinajstić information content (AvgIpc) is 3.27. The van der Waals surface area contributed by atoms with Crippen LogP contribution < -0.4 is 9.47 Å². The lowest BCUT2D eigenvalue weighted by molar-refractivity contribution is -0.146. The maximum Gasteiger partial charge on any atom is 0.309 e. The molecule has 5 rings (SSSR count). The molecule has 0 spiro atoms. The number of benzene rings is 2. The molecule has 0 atom stereocenters. The van der Waals surface area contributed by atoms with Gasteiger partial charge in [0.1, 0.15) is 12.4 Å². The number of fused-ring (bicyclic) bond motifs is 1. The first kappa shape index (κ1) is 33.1. The second-order valence-electron chi connectivity index (χ2n) is 13.7. The summed E-state index contributed by atoms with van der Waals surface area (Å²) < 4.78 is 13.8. The normalized spacial score (nSPS) is 12.0. The topological polar surface area (TPSA) is 86.5 Å². The number of hydrogen-bond donors (Lipinski definition) is 1. The van der Waals surface area contributed by atoms with Crippen LogP contribution >= 0.6 is 11.8 Å². The lowest BCUT2D eigenvalue weighted by Crippen LogP contribution is -2.28. The third kappa shape index (κ3) is 7.56. The molecule has 7 nitrogen and oxygen atoms in total. The fraction of sp³-hybridized carbons (Fsp3) is 0.342. The van der Waals surface area contributed by atoms with Crippen LogP contribution in [-0.4, -0.2) is 32.7 Å². The van der Waals surface area contributed by atoms with Gasteiger partial charge in [0.15, 0.2) is 0 Å². The first-order valence-corrected chi connectivity index (χ1v) is 16.3. The van der Waals surface area contributed by atoms with Gasteiger partial charge in [-0.05, 0) is 80.6 Å². The monoisotopic (exact) mass is 637 g/mol. The van der Waals surface area contributed by atoms with Crippen LogP contribution in [0.1, 0.15) is 57.3 Å². The quantitative estimate of drug-likeness (QED) is 0.155. The van der Waals surface area contributed by atoms with Gasteiger partial charge < -0.3 is 19.1 Å². The number of methoxy groups -OCH3 is 1. The van der Waals surface area contributed by atoms with Crippen molar-refractivity contribution in [1.82, 2.24) is 14.5 Å². The molecular formula is C38H43N3O4S. The molecule has 0 unspecified atom stereocenters. The van der Waals surface area contributed by atoms with Crippen molar-refractivity contribution in [2.75, 3.05) is 7.11 Å². The van der Waals surface area contributed by atoms with E-state index >= 15 is 0 Å². The molecule has 0 saturated heterocycles. The van der Waals surface area contributed by atoms with E-state index in [4.69, 9.17) is 9.47 Å². The van der Waals surface area contributed by atoms with Crippen molar-refractivity contribution in [2.45, 2.75) is 77.8 Å². The van der Waals surface area contributed by atoms with E-state index in [1.54, 1.807) is 32.7 Å². The fourth-order valence-electron chi connectivity index (χ4n) is 5.30. The molecule has 3 heterocycles. The first-order chi connectivity index (χ1) is 21.7. The summed E-state index contributed by atoms with van der Waals surface area (Å²) >= 11 is 1.67. The van der Waals surface area contributed by atoms with E-state index < -0.39 is 11.4 Å². The second kappa shape index (κ2) is 13.2. The number of carbonyl (C=O) groups is 1. The van der Waals surface area contributed by atoms with E-state index in [0.717, 1.165) is 66.8 Å². The van der Waals surface area contributed by atoms with Crippen LogP contribution in [0.25, 0.3) is 22.0 Å². The first-order valence-electron chi connectivity index (χ1n) is 15.5. The largest absolute Gasteiger partial charge is 0.487 e. The Balaban J connectivity index is 1.56. The highest BCUT2D eigenvalue weighted by molar-refractivity contribution is 7.99. The number of aryl methyl sites for hydroxylation is 2. The molecule has 46 heavy (non-hydrogen) atoms. The van der Waals surface area contributed by atoms with Gasteiger partial charge in [-0.2, -0.15) is 0 Å². The summed E-state index contributed by atoms with van der Waals surface area (Å²) in [7, 11) is 1.61. The number of hydrogen-bond acceptors (Lipinski definition) is 6. The van der Waals surface area contributed by atoms with Crippen LogP contribution in [0.15, 0.2) is 82.7 Å². The molecule has 8 heteroatoms. The number of carboxylic acid groups (broad SMARTS) is 1. The number of rotatable bonds is 11. The van der Waals surface area contributed by atoms with Crippen molar-refractivity contribution in [3.8, 4) is 22.8 Å². The smallest absolute Gasteiger partial charge is 0.309 e. The summed E-state index contributed by atoms with van der Waals surface area (Å²) in [6.45, 7) is 15.4. The van der Waals surface area contributed by atoms with Crippen molar-refractivity contribution < 1.29 is 19.4 Å². The maximum absolute atomic E-state index is 12.4. The van der Waals surface area contributed by atoms with E-state index in [9.17, 15) is 9.90 Å². The third-order valence-corrected chi connectivity index (χ3v) is 9.23. The molecule has 0 radical (unpaired) electrons. The fourth-order valence-corrected chi connectivity index (χ4v) is 6.39. The van der Waals surface area contributed by atoms with Crippen LogP contribution in [0, 0.1) is 24.7 Å². The molecule has 1 N–H and O–H groups in total. The lowest BCUT2D eigenvalue weighted by atomic mass is 9.87. The highest BCUT2D eigenvalue weighted by Crippen LogP contribution is 2.43. The van der Waals surface area contributed by atoms with Crippen LogP contribution in [0.2, 0.25) is 0 Å². The van der Waals surface area contributed by atoms with Crippen LogP contribution in [0.5, 0.6) is 11.6 Å². The average molecular weight is 638 g/mol. The van der Waals surface area contributed by atoms with Gasteiger partial charge >= 0.3 is 5.97 Å². The Morgan fingerprint density at radius 1 is 0.935 bits per heavy atom. The summed E-state index contributed by atoms with van der Waals surface area (Å²) in [5.74, 6) is 0.506. The van der Waals surface area contributed by atoms with Gasteiger partial charge in [0.2, 0.25) is 5.88 Å². The number of nitrogens with zero attached hydrogens (tertiary/aromatic N) is 3. The van der Waals surface area contributed by atoms with Crippen molar-refractivity contribution in [3.63, 3.8) is 0 Å². The van der Waals surface area contributed by atoms with Crippen molar-refractivity contribution in [2.24, 2.45) is 10.8 Å². The zero-order valence-corrected chi connectivity index (χ0v) is 28.8. The molecule has 3 aromatic heterocycles. The zero-order chi connectivity index (χ0) is 33.2. The third-order valence-electron chi connectivity index (χ3n) is 8.06. The van der Waals surface area contributed by atoms with E-state index in [0.29, 0.717) is 18.9 Å². The van der Waals surface area contributed by atoms with Gasteiger partial charge in [0, 0.05) is 63.4 Å².